The van der Waals surface area contributed by atoms with Crippen LogP contribution in [0, 0.1) is 0 Å². The van der Waals surface area contributed by atoms with E-state index in [9.17, 15) is 32.3 Å². The summed E-state index contributed by atoms with van der Waals surface area (Å²) in [5, 5.41) is 15.0. The Morgan fingerprint density at radius 3 is 2.83 bits per heavy atom. The van der Waals surface area contributed by atoms with Gasteiger partial charge in [0.25, 0.3) is 18.7 Å². The number of oxime groups is 1. The number of carbonyl (C=O) groups excluding carboxylic acids is 2. The summed E-state index contributed by atoms with van der Waals surface area (Å²) < 4.78 is 54.2. The molecule has 5 heterocycles. The first-order valence-electron chi connectivity index (χ1n) is 11.1. The number of hydrogen-bond donors (Lipinski definition) is 4. The predicted molar refractivity (Wildman–Crippen MR) is 136 cm³/mol. The van der Waals surface area contributed by atoms with Crippen molar-refractivity contribution in [2.24, 2.45) is 5.16 Å². The molecule has 1 fully saturated rings. The monoisotopic (exact) mass is 630 g/mol. The van der Waals surface area contributed by atoms with E-state index < -0.39 is 52.2 Å². The summed E-state index contributed by atoms with van der Waals surface area (Å²) in [5.41, 5.74) is 5.37. The molecule has 1 saturated heterocycles. The van der Waals surface area contributed by atoms with Crippen LogP contribution >= 0.6 is 23.3 Å². The Morgan fingerprint density at radius 1 is 1.39 bits per heavy atom. The van der Waals surface area contributed by atoms with Crippen molar-refractivity contribution in [1.29, 1.82) is 0 Å². The molecule has 2 unspecified atom stereocenters. The second kappa shape index (κ2) is 10.9. The summed E-state index contributed by atoms with van der Waals surface area (Å²) in [7, 11) is -4.84. The number of fused-ring (bicyclic) bond motifs is 2. The number of carboxylic acids is 1. The highest BCUT2D eigenvalue weighted by molar-refractivity contribution is 8.00. The van der Waals surface area contributed by atoms with Gasteiger partial charge in [0, 0.05) is 22.9 Å². The Kier molecular flexibility index (Phi) is 7.46. The van der Waals surface area contributed by atoms with Crippen LogP contribution in [-0.2, 0) is 36.2 Å². The first kappa shape index (κ1) is 28.1. The molecule has 41 heavy (non-hydrogen) atoms. The van der Waals surface area contributed by atoms with Crippen LogP contribution in [-0.4, -0.2) is 89.6 Å². The van der Waals surface area contributed by atoms with E-state index in [2.05, 4.69) is 33.9 Å². The molecule has 3 aromatic rings. The van der Waals surface area contributed by atoms with Gasteiger partial charge in [-0.05, 0) is 17.1 Å². The minimum atomic E-state index is -4.84. The topological polar surface area (TPSA) is 245 Å². The smallest absolute Gasteiger partial charge is 0.465 e. The van der Waals surface area contributed by atoms with Crippen molar-refractivity contribution in [2.45, 2.75) is 18.0 Å². The van der Waals surface area contributed by atoms with Gasteiger partial charge in [-0.25, -0.2) is 13.8 Å². The highest BCUT2D eigenvalue weighted by atomic mass is 32.3. The number of β-lactam (4-membered cyclic amide) rings is 1. The number of amides is 2. The van der Waals surface area contributed by atoms with Gasteiger partial charge < -0.3 is 21.0 Å². The zero-order valence-corrected chi connectivity index (χ0v) is 22.6. The summed E-state index contributed by atoms with van der Waals surface area (Å²) in [6.07, 6.45) is 2.56. The molecular weight excluding hydrogens is 613 g/mol. The van der Waals surface area contributed by atoms with Crippen LogP contribution in [0.2, 0.25) is 0 Å². The van der Waals surface area contributed by atoms with Crippen LogP contribution < -0.4 is 19.9 Å². The zero-order valence-electron chi connectivity index (χ0n) is 20.1. The summed E-state index contributed by atoms with van der Waals surface area (Å²) in [4.78, 5) is 51.4. The lowest BCUT2D eigenvalue weighted by Gasteiger charge is -2.49. The van der Waals surface area contributed by atoms with Crippen molar-refractivity contribution in [1.82, 2.24) is 29.3 Å². The molecule has 216 valence electrons. The van der Waals surface area contributed by atoms with Crippen LogP contribution in [0.25, 0.3) is 11.2 Å². The molecule has 2 aliphatic heterocycles. The third-order valence-corrected chi connectivity index (χ3v) is 7.92. The largest absolute Gasteiger partial charge is 0.477 e. The number of hydrogen-bond acceptors (Lipinski definition) is 14. The molecule has 3 aromatic heterocycles. The molecule has 0 saturated carbocycles. The molecule has 18 nitrogen and oxygen atoms in total. The SMILES string of the molecule is Nc1nc(/C(=N/OCF)C(=O)NC2C(=O)N3C(C(=O)O)=C(C[n+]4cccc5c4ncn5OS(=O)(=O)O)CSC23)ns1. The van der Waals surface area contributed by atoms with Crippen LogP contribution in [0.5, 0.6) is 0 Å². The average molecular weight is 631 g/mol. The molecule has 0 aliphatic carbocycles. The molecule has 0 spiro atoms. The van der Waals surface area contributed by atoms with E-state index >= 15 is 0 Å². The Balaban J connectivity index is 1.38. The van der Waals surface area contributed by atoms with Crippen LogP contribution in [0.1, 0.15) is 5.82 Å². The number of carbonyl (C=O) groups is 3. The third-order valence-electron chi connectivity index (χ3n) is 5.69. The quantitative estimate of drug-likeness (QED) is 0.0627. The molecule has 22 heteroatoms. The van der Waals surface area contributed by atoms with E-state index in [4.69, 9.17) is 10.3 Å². The Labute approximate surface area is 236 Å². The summed E-state index contributed by atoms with van der Waals surface area (Å²) in [5.74, 6) is -3.20. The van der Waals surface area contributed by atoms with Crippen molar-refractivity contribution in [3.05, 3.63) is 41.8 Å². The highest BCUT2D eigenvalue weighted by Gasteiger charge is 2.54. The first-order valence-corrected chi connectivity index (χ1v) is 14.3. The fraction of sp³-hybridized carbons (Fsp3) is 0.263. The van der Waals surface area contributed by atoms with Gasteiger partial charge in [-0.2, -0.15) is 17.8 Å². The number of rotatable bonds is 10. The molecule has 0 aromatic carbocycles. The lowest BCUT2D eigenvalue weighted by Crippen LogP contribution is -2.71. The van der Waals surface area contributed by atoms with Crippen LogP contribution in [0.15, 0.2) is 41.1 Å². The van der Waals surface area contributed by atoms with Gasteiger partial charge in [0.15, 0.2) is 10.6 Å². The van der Waals surface area contributed by atoms with Gasteiger partial charge in [0.05, 0.1) is 6.20 Å². The summed E-state index contributed by atoms with van der Waals surface area (Å²) in [6.45, 7) is -1.41. The summed E-state index contributed by atoms with van der Waals surface area (Å²) in [6, 6.07) is 1.82. The third kappa shape index (κ3) is 5.48. The number of nitrogen functional groups attached to an aromatic ring is 1. The van der Waals surface area contributed by atoms with E-state index in [1.54, 1.807) is 6.20 Å². The molecule has 0 radical (unpaired) electrons. The maximum Gasteiger partial charge on any atom is 0.465 e. The molecule has 0 bridgehead atoms. The van der Waals surface area contributed by atoms with Crippen molar-refractivity contribution in [3.8, 4) is 0 Å². The fourth-order valence-corrected chi connectivity index (χ4v) is 6.22. The van der Waals surface area contributed by atoms with Gasteiger partial charge in [0.1, 0.15) is 23.7 Å². The number of nitrogens with one attached hydrogen (secondary N) is 1. The number of halogens is 1. The van der Waals surface area contributed by atoms with E-state index in [0.29, 0.717) is 5.57 Å². The standard InChI is InChI=1S/C19H16FN9O9S3/c20-6-37-25-10(13-24-19(21)40-26-13)15(30)23-11-16(31)29-12(18(32)33)8(5-39-17(11)29)4-27-3-1-2-9-14(27)22-7-28(9)38-41(34,35)36/h1-3,7,11,17H,4-6H2,(H4-,21,23,24,26,30,32,33,34,35,36)/p+1/b25-10-. The number of anilines is 1. The maximum absolute atomic E-state index is 13.1. The first-order chi connectivity index (χ1) is 19.5. The van der Waals surface area contributed by atoms with E-state index in [1.807, 2.05) is 0 Å². The molecule has 5 rings (SSSR count). The normalized spacial score (nSPS) is 19.1. The number of nitrogens with zero attached hydrogens (tertiary/aromatic N) is 7. The number of imidazole rings is 1. The van der Waals surface area contributed by atoms with Gasteiger partial charge in [0.2, 0.25) is 17.9 Å². The second-order valence-corrected chi connectivity index (χ2v) is 11.1. The minimum absolute atomic E-state index is 0.00419. The number of alkyl halides is 1. The lowest BCUT2D eigenvalue weighted by molar-refractivity contribution is -0.664. The molecule has 5 N–H and O–H groups in total. The number of aliphatic carboxylic acids is 1. The predicted octanol–water partition coefficient (Wildman–Crippen LogP) is -1.92. The van der Waals surface area contributed by atoms with Gasteiger partial charge in [-0.3, -0.25) is 23.3 Å². The molecule has 2 atom stereocenters. The van der Waals surface area contributed by atoms with Crippen molar-refractivity contribution < 1.29 is 50.5 Å². The van der Waals surface area contributed by atoms with Crippen LogP contribution in [0.4, 0.5) is 9.52 Å². The number of thioether (sulfide) groups is 1. The molecule has 2 amide bonds. The van der Waals surface area contributed by atoms with E-state index in [1.165, 1.54) is 28.5 Å². The Hall–Kier alpha value is -4.41. The minimum Gasteiger partial charge on any atom is -0.477 e. The number of aromatic nitrogens is 5. The second-order valence-electron chi connectivity index (χ2n) is 8.17. The summed E-state index contributed by atoms with van der Waals surface area (Å²) >= 11 is 1.93. The van der Waals surface area contributed by atoms with Crippen LogP contribution in [0.3, 0.4) is 0 Å². The zero-order chi connectivity index (χ0) is 29.5. The van der Waals surface area contributed by atoms with Gasteiger partial charge in [-0.1, -0.05) is 5.16 Å². The van der Waals surface area contributed by atoms with Gasteiger partial charge in [-0.15, -0.1) is 16.5 Å². The van der Waals surface area contributed by atoms with Crippen molar-refractivity contribution in [2.75, 3.05) is 18.3 Å². The van der Waals surface area contributed by atoms with Gasteiger partial charge >= 0.3 is 22.0 Å². The van der Waals surface area contributed by atoms with E-state index in [-0.39, 0.29) is 40.1 Å². The molecule has 2 aliphatic rings. The Bertz CT molecular complexity index is 1740. The fourth-order valence-electron chi connectivity index (χ4n) is 4.12. The average Bonchev–Trinajstić information content (AvgIpc) is 3.52. The number of nitrogens with two attached hydrogens (primary N) is 1. The number of carboxylic acid groups (broad SMARTS) is 1. The molecular formula is C19H17FN9O9S3+. The van der Waals surface area contributed by atoms with Crippen molar-refractivity contribution >= 4 is 73.5 Å². The number of pyridine rings is 1. The van der Waals surface area contributed by atoms with E-state index in [0.717, 1.165) is 27.5 Å². The maximum atomic E-state index is 13.1. The Morgan fingerprint density at radius 2 is 2.17 bits per heavy atom. The highest BCUT2D eigenvalue weighted by Crippen LogP contribution is 2.40. The lowest BCUT2D eigenvalue weighted by atomic mass is 10.0. The van der Waals surface area contributed by atoms with Crippen molar-refractivity contribution in [3.63, 3.8) is 0 Å².